The Hall–Kier alpha value is -1.58. The van der Waals surface area contributed by atoms with Crippen molar-refractivity contribution in [3.05, 3.63) is 22.9 Å². The van der Waals surface area contributed by atoms with Gasteiger partial charge in [0.15, 0.2) is 0 Å². The molecule has 1 aromatic heterocycles. The van der Waals surface area contributed by atoms with Crippen LogP contribution < -0.4 is 10.6 Å². The van der Waals surface area contributed by atoms with Crippen molar-refractivity contribution in [3.8, 4) is 0 Å². The van der Waals surface area contributed by atoms with Crippen LogP contribution in [0.2, 0.25) is 0 Å². The molecule has 0 amide bonds. The van der Waals surface area contributed by atoms with E-state index in [1.165, 1.54) is 25.7 Å². The Balaban J connectivity index is 2.37. The van der Waals surface area contributed by atoms with Crippen molar-refractivity contribution in [1.29, 1.82) is 5.41 Å². The number of pyridine rings is 1. The molecule has 1 aliphatic carbocycles. The molecule has 20 heavy (non-hydrogen) atoms. The van der Waals surface area contributed by atoms with Crippen LogP contribution in [0.15, 0.2) is 6.07 Å². The van der Waals surface area contributed by atoms with Crippen LogP contribution in [-0.4, -0.2) is 23.9 Å². The smallest absolute Gasteiger partial charge is 0.140 e. The molecule has 0 radical (unpaired) electrons. The number of anilines is 1. The van der Waals surface area contributed by atoms with E-state index in [2.05, 4.69) is 23.9 Å². The molecular formula is C16H26N4. The lowest BCUT2D eigenvalue weighted by Gasteiger charge is -2.36. The molecule has 1 heterocycles. The second-order valence-electron chi connectivity index (χ2n) is 6.23. The second-order valence-corrected chi connectivity index (χ2v) is 6.23. The van der Waals surface area contributed by atoms with Crippen molar-refractivity contribution in [2.24, 2.45) is 11.7 Å². The Morgan fingerprint density at radius 2 is 2.10 bits per heavy atom. The normalized spacial score (nSPS) is 22.6. The van der Waals surface area contributed by atoms with Crippen molar-refractivity contribution in [1.82, 2.24) is 4.98 Å². The van der Waals surface area contributed by atoms with E-state index in [1.807, 2.05) is 19.9 Å². The van der Waals surface area contributed by atoms with E-state index in [4.69, 9.17) is 11.1 Å². The highest BCUT2D eigenvalue weighted by molar-refractivity contribution is 6.01. The first-order chi connectivity index (χ1) is 9.40. The van der Waals surface area contributed by atoms with Crippen LogP contribution in [0.5, 0.6) is 0 Å². The summed E-state index contributed by atoms with van der Waals surface area (Å²) in [6.07, 6.45) is 5.00. The molecule has 0 bridgehead atoms. The lowest BCUT2D eigenvalue weighted by molar-refractivity contribution is 0.335. The molecule has 0 spiro atoms. The monoisotopic (exact) mass is 274 g/mol. The number of nitrogens with one attached hydrogen (secondary N) is 1. The minimum absolute atomic E-state index is 0.112. The molecule has 4 nitrogen and oxygen atoms in total. The minimum atomic E-state index is 0.112. The highest BCUT2D eigenvalue weighted by Crippen LogP contribution is 2.31. The Bertz CT molecular complexity index is 509. The topological polar surface area (TPSA) is 66.0 Å². The molecule has 0 aromatic carbocycles. The van der Waals surface area contributed by atoms with Crippen LogP contribution in [0.3, 0.4) is 0 Å². The fraction of sp³-hybridized carbons (Fsp3) is 0.625. The molecule has 0 saturated heterocycles. The molecular weight excluding hydrogens is 248 g/mol. The summed E-state index contributed by atoms with van der Waals surface area (Å²) in [5.41, 5.74) is 8.59. The van der Waals surface area contributed by atoms with Crippen LogP contribution in [0.25, 0.3) is 0 Å². The Labute approximate surface area is 121 Å². The van der Waals surface area contributed by atoms with Gasteiger partial charge in [0.05, 0.1) is 5.56 Å². The molecule has 0 aliphatic heterocycles. The van der Waals surface area contributed by atoms with Gasteiger partial charge in [0.2, 0.25) is 0 Å². The van der Waals surface area contributed by atoms with E-state index < -0.39 is 0 Å². The van der Waals surface area contributed by atoms with E-state index in [0.29, 0.717) is 6.04 Å². The van der Waals surface area contributed by atoms with Gasteiger partial charge in [-0.05, 0) is 44.2 Å². The summed E-state index contributed by atoms with van der Waals surface area (Å²) in [5, 5.41) is 7.85. The van der Waals surface area contributed by atoms with Gasteiger partial charge in [0.1, 0.15) is 11.7 Å². The number of nitrogens with two attached hydrogens (primary N) is 1. The van der Waals surface area contributed by atoms with Gasteiger partial charge in [-0.2, -0.15) is 0 Å². The van der Waals surface area contributed by atoms with E-state index in [0.717, 1.165) is 28.6 Å². The quantitative estimate of drug-likeness (QED) is 0.658. The summed E-state index contributed by atoms with van der Waals surface area (Å²) >= 11 is 0. The Kier molecular flexibility index (Phi) is 4.31. The maximum Gasteiger partial charge on any atom is 0.140 e. The highest BCUT2D eigenvalue weighted by atomic mass is 15.2. The number of hydrogen-bond acceptors (Lipinski definition) is 3. The molecule has 110 valence electrons. The van der Waals surface area contributed by atoms with Gasteiger partial charge >= 0.3 is 0 Å². The number of aryl methyl sites for hydroxylation is 2. The second kappa shape index (κ2) is 5.81. The number of nitrogen functional groups attached to an aromatic ring is 1. The highest BCUT2D eigenvalue weighted by Gasteiger charge is 2.26. The number of nitrogens with zero attached hydrogens (tertiary/aromatic N) is 2. The maximum atomic E-state index is 7.85. The molecule has 2 rings (SSSR count). The molecule has 2 atom stereocenters. The number of amidine groups is 1. The van der Waals surface area contributed by atoms with Gasteiger partial charge in [0, 0.05) is 18.8 Å². The third-order valence-corrected chi connectivity index (χ3v) is 4.39. The van der Waals surface area contributed by atoms with Crippen molar-refractivity contribution >= 4 is 11.7 Å². The SMILES string of the molecule is Cc1cc(C)c(C(=N)N)c(N(C)C2CCCC(C)C2)n1. The largest absolute Gasteiger partial charge is 0.384 e. The molecule has 1 aliphatic rings. The average molecular weight is 274 g/mol. The van der Waals surface area contributed by atoms with Crippen LogP contribution in [-0.2, 0) is 0 Å². The minimum Gasteiger partial charge on any atom is -0.384 e. The van der Waals surface area contributed by atoms with E-state index in [9.17, 15) is 0 Å². The first-order valence-corrected chi connectivity index (χ1v) is 7.45. The zero-order valence-corrected chi connectivity index (χ0v) is 13.0. The van der Waals surface area contributed by atoms with E-state index >= 15 is 0 Å². The van der Waals surface area contributed by atoms with Crippen molar-refractivity contribution in [3.63, 3.8) is 0 Å². The molecule has 1 saturated carbocycles. The van der Waals surface area contributed by atoms with Gasteiger partial charge in [-0.3, -0.25) is 5.41 Å². The maximum absolute atomic E-state index is 7.85. The summed E-state index contributed by atoms with van der Waals surface area (Å²) in [7, 11) is 2.09. The van der Waals surface area contributed by atoms with Gasteiger partial charge in [-0.1, -0.05) is 19.8 Å². The predicted molar refractivity (Wildman–Crippen MR) is 84.6 cm³/mol. The Morgan fingerprint density at radius 1 is 1.40 bits per heavy atom. The number of rotatable bonds is 3. The van der Waals surface area contributed by atoms with Crippen LogP contribution in [0.1, 0.15) is 49.4 Å². The Morgan fingerprint density at radius 3 is 2.70 bits per heavy atom. The van der Waals surface area contributed by atoms with Gasteiger partial charge < -0.3 is 10.6 Å². The molecule has 2 unspecified atom stereocenters. The summed E-state index contributed by atoms with van der Waals surface area (Å²) < 4.78 is 0. The first kappa shape index (κ1) is 14.8. The third kappa shape index (κ3) is 2.94. The molecule has 1 aromatic rings. The zero-order chi connectivity index (χ0) is 14.9. The standard InChI is InChI=1S/C16H26N4/c1-10-6-5-7-13(8-10)20(4)16-14(15(17)18)11(2)9-12(3)19-16/h9-10,13H,5-8H2,1-4H3,(H3,17,18). The molecule has 4 heteroatoms. The molecule has 3 N–H and O–H groups in total. The van der Waals surface area contributed by atoms with Crippen molar-refractivity contribution < 1.29 is 0 Å². The summed E-state index contributed by atoms with van der Waals surface area (Å²) in [4.78, 5) is 6.90. The van der Waals surface area contributed by atoms with Crippen LogP contribution >= 0.6 is 0 Å². The average Bonchev–Trinajstić information content (AvgIpc) is 2.36. The zero-order valence-electron chi connectivity index (χ0n) is 13.0. The summed E-state index contributed by atoms with van der Waals surface area (Å²) in [6, 6.07) is 2.50. The van der Waals surface area contributed by atoms with Crippen molar-refractivity contribution in [2.75, 3.05) is 11.9 Å². The van der Waals surface area contributed by atoms with E-state index in [1.54, 1.807) is 0 Å². The molecule has 1 fully saturated rings. The predicted octanol–water partition coefficient (Wildman–Crippen LogP) is 3.00. The number of hydrogen-bond donors (Lipinski definition) is 2. The van der Waals surface area contributed by atoms with Gasteiger partial charge in [0.25, 0.3) is 0 Å². The van der Waals surface area contributed by atoms with Crippen LogP contribution in [0, 0.1) is 25.2 Å². The summed E-state index contributed by atoms with van der Waals surface area (Å²) in [5.74, 6) is 1.75. The van der Waals surface area contributed by atoms with Crippen molar-refractivity contribution in [2.45, 2.75) is 52.5 Å². The van der Waals surface area contributed by atoms with Gasteiger partial charge in [-0.25, -0.2) is 4.98 Å². The first-order valence-electron chi connectivity index (χ1n) is 7.45. The summed E-state index contributed by atoms with van der Waals surface area (Å²) in [6.45, 7) is 6.32. The van der Waals surface area contributed by atoms with Crippen LogP contribution in [0.4, 0.5) is 5.82 Å². The number of aromatic nitrogens is 1. The fourth-order valence-electron chi connectivity index (χ4n) is 3.33. The van der Waals surface area contributed by atoms with E-state index in [-0.39, 0.29) is 5.84 Å². The third-order valence-electron chi connectivity index (χ3n) is 4.39. The fourth-order valence-corrected chi connectivity index (χ4v) is 3.33. The lowest BCUT2D eigenvalue weighted by atomic mass is 9.86. The van der Waals surface area contributed by atoms with Gasteiger partial charge in [-0.15, -0.1) is 0 Å². The lowest BCUT2D eigenvalue weighted by Crippen LogP contribution is -2.37.